The van der Waals surface area contributed by atoms with Gasteiger partial charge in [-0.25, -0.2) is 4.79 Å². The van der Waals surface area contributed by atoms with Crippen molar-refractivity contribution >= 4 is 17.6 Å². The highest BCUT2D eigenvalue weighted by atomic mass is 16.2. The van der Waals surface area contributed by atoms with Crippen LogP contribution in [0.5, 0.6) is 0 Å². The van der Waals surface area contributed by atoms with Gasteiger partial charge in [0, 0.05) is 17.8 Å². The van der Waals surface area contributed by atoms with Crippen LogP contribution < -0.4 is 16.0 Å². The summed E-state index contributed by atoms with van der Waals surface area (Å²) < 4.78 is 0. The van der Waals surface area contributed by atoms with Gasteiger partial charge in [-0.3, -0.25) is 4.79 Å². The average Bonchev–Trinajstić information content (AvgIpc) is 2.65. The summed E-state index contributed by atoms with van der Waals surface area (Å²) >= 11 is 0. The summed E-state index contributed by atoms with van der Waals surface area (Å²) in [7, 11) is 0. The zero-order valence-corrected chi connectivity index (χ0v) is 16.5. The predicted octanol–water partition coefficient (Wildman–Crippen LogP) is 4.59. The fourth-order valence-corrected chi connectivity index (χ4v) is 2.71. The van der Waals surface area contributed by atoms with Crippen LogP contribution in [-0.2, 0) is 0 Å². The molecule has 0 aliphatic rings. The normalized spacial score (nSPS) is 11.9. The number of carbonyl (C=O) groups is 2. The molecule has 0 heterocycles. The lowest BCUT2D eigenvalue weighted by Crippen LogP contribution is -2.35. The van der Waals surface area contributed by atoms with Crippen molar-refractivity contribution in [2.75, 3.05) is 11.9 Å². The Morgan fingerprint density at radius 2 is 1.52 bits per heavy atom. The lowest BCUT2D eigenvalue weighted by molar-refractivity contribution is 0.0949. The van der Waals surface area contributed by atoms with Crippen molar-refractivity contribution in [1.29, 1.82) is 0 Å². The summed E-state index contributed by atoms with van der Waals surface area (Å²) in [6.45, 7) is 8.87. The zero-order valence-electron chi connectivity index (χ0n) is 16.5. The highest BCUT2D eigenvalue weighted by Crippen LogP contribution is 2.21. The van der Waals surface area contributed by atoms with Crippen molar-refractivity contribution in [3.8, 4) is 0 Å². The Morgan fingerprint density at radius 1 is 0.889 bits per heavy atom. The molecular formula is C22H29N3O2. The molecule has 3 N–H and O–H groups in total. The van der Waals surface area contributed by atoms with Crippen LogP contribution in [0.15, 0.2) is 54.6 Å². The Bertz CT molecular complexity index is 740. The second-order valence-corrected chi connectivity index (χ2v) is 7.41. The maximum absolute atomic E-state index is 12.4. The van der Waals surface area contributed by atoms with E-state index < -0.39 is 0 Å². The van der Waals surface area contributed by atoms with Gasteiger partial charge in [-0.05, 0) is 41.7 Å². The van der Waals surface area contributed by atoms with Gasteiger partial charge in [0.25, 0.3) is 5.91 Å². The summed E-state index contributed by atoms with van der Waals surface area (Å²) in [6.07, 6.45) is 0. The van der Waals surface area contributed by atoms with E-state index in [1.54, 1.807) is 24.3 Å². The second kappa shape index (κ2) is 9.76. The van der Waals surface area contributed by atoms with E-state index in [1.807, 2.05) is 44.2 Å². The Morgan fingerprint density at radius 3 is 2.07 bits per heavy atom. The summed E-state index contributed by atoms with van der Waals surface area (Å²) in [5.41, 5.74) is 2.29. The molecule has 0 aliphatic heterocycles. The quantitative estimate of drug-likeness (QED) is 0.670. The van der Waals surface area contributed by atoms with Crippen molar-refractivity contribution in [3.63, 3.8) is 0 Å². The summed E-state index contributed by atoms with van der Waals surface area (Å²) in [5, 5.41) is 8.73. The molecule has 5 heteroatoms. The lowest BCUT2D eigenvalue weighted by atomic mass is 9.96. The number of hydrogen-bond acceptors (Lipinski definition) is 2. The maximum atomic E-state index is 12.4. The number of rotatable bonds is 7. The molecule has 5 nitrogen and oxygen atoms in total. The minimum atomic E-state index is -0.269. The second-order valence-electron chi connectivity index (χ2n) is 7.41. The molecule has 0 saturated carbocycles. The van der Waals surface area contributed by atoms with Crippen LogP contribution >= 0.6 is 0 Å². The smallest absolute Gasteiger partial charge is 0.319 e. The molecule has 0 fully saturated rings. The third kappa shape index (κ3) is 6.44. The molecule has 144 valence electrons. The van der Waals surface area contributed by atoms with Crippen molar-refractivity contribution < 1.29 is 9.59 Å². The third-order valence-electron chi connectivity index (χ3n) is 4.19. The highest BCUT2D eigenvalue weighted by molar-refractivity contribution is 5.95. The van der Waals surface area contributed by atoms with Crippen molar-refractivity contribution in [3.05, 3.63) is 65.7 Å². The van der Waals surface area contributed by atoms with Crippen molar-refractivity contribution in [2.45, 2.75) is 33.7 Å². The van der Waals surface area contributed by atoms with Crippen LogP contribution in [0.4, 0.5) is 10.5 Å². The van der Waals surface area contributed by atoms with Gasteiger partial charge in [0.05, 0.1) is 6.04 Å². The molecule has 0 aromatic heterocycles. The Hall–Kier alpha value is -2.82. The minimum Gasteiger partial charge on any atom is -0.352 e. The van der Waals surface area contributed by atoms with E-state index in [1.165, 1.54) is 0 Å². The van der Waals surface area contributed by atoms with Gasteiger partial charge < -0.3 is 16.0 Å². The summed E-state index contributed by atoms with van der Waals surface area (Å²) in [4.78, 5) is 24.4. The van der Waals surface area contributed by atoms with Gasteiger partial charge in [-0.15, -0.1) is 0 Å². The number of anilines is 1. The van der Waals surface area contributed by atoms with Crippen LogP contribution in [0.2, 0.25) is 0 Å². The molecule has 27 heavy (non-hydrogen) atoms. The van der Waals surface area contributed by atoms with E-state index in [0.29, 0.717) is 23.7 Å². The first-order valence-corrected chi connectivity index (χ1v) is 9.37. The van der Waals surface area contributed by atoms with E-state index in [-0.39, 0.29) is 23.9 Å². The molecule has 0 aliphatic carbocycles. The number of amides is 3. The molecule has 0 saturated heterocycles. The number of carbonyl (C=O) groups excluding carboxylic acids is 2. The number of hydrogen-bond donors (Lipinski definition) is 3. The molecule has 0 spiro atoms. The van der Waals surface area contributed by atoms with Gasteiger partial charge in [-0.1, -0.05) is 58.0 Å². The first-order chi connectivity index (χ1) is 12.9. The van der Waals surface area contributed by atoms with Gasteiger partial charge >= 0.3 is 6.03 Å². The number of urea groups is 1. The zero-order chi connectivity index (χ0) is 19.8. The average molecular weight is 367 g/mol. The standard InChI is InChI=1S/C22H29N3O2/c1-15(2)14-23-21(26)18-10-12-19(13-11-18)24-22(27)25-20(16(3)4)17-8-6-5-7-9-17/h5-13,15-16,20H,14H2,1-4H3,(H,23,26)(H2,24,25,27). The van der Waals surface area contributed by atoms with Gasteiger partial charge in [0.2, 0.25) is 0 Å². The number of nitrogens with one attached hydrogen (secondary N) is 3. The lowest BCUT2D eigenvalue weighted by Gasteiger charge is -2.23. The Balaban J connectivity index is 1.96. The van der Waals surface area contributed by atoms with E-state index in [9.17, 15) is 9.59 Å². The largest absolute Gasteiger partial charge is 0.352 e. The van der Waals surface area contributed by atoms with Gasteiger partial charge in [0.15, 0.2) is 0 Å². The monoisotopic (exact) mass is 367 g/mol. The SMILES string of the molecule is CC(C)CNC(=O)c1ccc(NC(=O)NC(c2ccccc2)C(C)C)cc1. The molecule has 2 rings (SSSR count). The topological polar surface area (TPSA) is 70.2 Å². The Labute approximate surface area is 161 Å². The molecule has 1 atom stereocenters. The highest BCUT2D eigenvalue weighted by Gasteiger charge is 2.18. The van der Waals surface area contributed by atoms with E-state index in [2.05, 4.69) is 29.8 Å². The Kier molecular flexibility index (Phi) is 7.41. The summed E-state index contributed by atoms with van der Waals surface area (Å²) in [5.74, 6) is 0.547. The van der Waals surface area contributed by atoms with Crippen LogP contribution in [0.3, 0.4) is 0 Å². The van der Waals surface area contributed by atoms with Crippen LogP contribution in [0, 0.1) is 11.8 Å². The number of benzene rings is 2. The van der Waals surface area contributed by atoms with E-state index in [4.69, 9.17) is 0 Å². The molecule has 1 unspecified atom stereocenters. The van der Waals surface area contributed by atoms with Crippen LogP contribution in [0.25, 0.3) is 0 Å². The predicted molar refractivity (Wildman–Crippen MR) is 110 cm³/mol. The molecule has 3 amide bonds. The van der Waals surface area contributed by atoms with Gasteiger partial charge in [0.1, 0.15) is 0 Å². The fourth-order valence-electron chi connectivity index (χ4n) is 2.71. The van der Waals surface area contributed by atoms with E-state index in [0.717, 1.165) is 5.56 Å². The maximum Gasteiger partial charge on any atom is 0.319 e. The minimum absolute atomic E-state index is 0.0766. The molecule has 2 aromatic rings. The van der Waals surface area contributed by atoms with Crippen LogP contribution in [-0.4, -0.2) is 18.5 Å². The molecule has 0 bridgehead atoms. The van der Waals surface area contributed by atoms with Crippen LogP contribution in [0.1, 0.15) is 49.7 Å². The van der Waals surface area contributed by atoms with E-state index >= 15 is 0 Å². The first-order valence-electron chi connectivity index (χ1n) is 9.37. The molecular weight excluding hydrogens is 338 g/mol. The summed E-state index contributed by atoms with van der Waals surface area (Å²) in [6, 6.07) is 16.5. The van der Waals surface area contributed by atoms with Crippen molar-refractivity contribution in [2.24, 2.45) is 11.8 Å². The molecule has 2 aromatic carbocycles. The van der Waals surface area contributed by atoms with Crippen molar-refractivity contribution in [1.82, 2.24) is 10.6 Å². The van der Waals surface area contributed by atoms with Gasteiger partial charge in [-0.2, -0.15) is 0 Å². The third-order valence-corrected chi connectivity index (χ3v) is 4.19. The first kappa shape index (κ1) is 20.5. The molecule has 0 radical (unpaired) electrons. The fraction of sp³-hybridized carbons (Fsp3) is 0.364.